The number of piperidine rings is 1. The smallest absolute Gasteiger partial charge is 0.263 e. The molecule has 0 amide bonds. The summed E-state index contributed by atoms with van der Waals surface area (Å²) in [4.78, 5) is -0.0434. The number of fused-ring (bicyclic) bond motifs is 3. The SMILES string of the molecule is O=S(=O)(Nc1ccc2c(c1)C1CCNCC1O2)c1cccc(Cl)c1Cl. The molecule has 2 aliphatic heterocycles. The van der Waals surface area contributed by atoms with Crippen LogP contribution in [0, 0.1) is 0 Å². The number of hydrogen-bond donors (Lipinski definition) is 2. The van der Waals surface area contributed by atoms with E-state index in [2.05, 4.69) is 10.0 Å². The van der Waals surface area contributed by atoms with Crippen LogP contribution in [0.3, 0.4) is 0 Å². The van der Waals surface area contributed by atoms with Gasteiger partial charge >= 0.3 is 0 Å². The molecule has 0 bridgehead atoms. The summed E-state index contributed by atoms with van der Waals surface area (Å²) in [6.07, 6.45) is 1.08. The number of anilines is 1. The number of benzene rings is 2. The lowest BCUT2D eigenvalue weighted by Gasteiger charge is -2.24. The summed E-state index contributed by atoms with van der Waals surface area (Å²) in [6, 6.07) is 9.88. The van der Waals surface area contributed by atoms with Crippen LogP contribution < -0.4 is 14.8 Å². The topological polar surface area (TPSA) is 67.4 Å². The molecular weight excluding hydrogens is 383 g/mol. The van der Waals surface area contributed by atoms with Gasteiger partial charge in [0, 0.05) is 23.7 Å². The fourth-order valence-electron chi connectivity index (χ4n) is 3.38. The van der Waals surface area contributed by atoms with Crippen molar-refractivity contribution in [1.29, 1.82) is 0 Å². The van der Waals surface area contributed by atoms with E-state index < -0.39 is 10.0 Å². The molecule has 2 heterocycles. The van der Waals surface area contributed by atoms with Gasteiger partial charge in [-0.3, -0.25) is 4.72 Å². The number of ether oxygens (including phenoxy) is 1. The highest BCUT2D eigenvalue weighted by Gasteiger charge is 2.36. The first-order chi connectivity index (χ1) is 12.0. The molecular formula is C17H16Cl2N2O3S. The van der Waals surface area contributed by atoms with E-state index in [-0.39, 0.29) is 27.0 Å². The Kier molecular flexibility index (Phi) is 4.32. The molecule has 25 heavy (non-hydrogen) atoms. The van der Waals surface area contributed by atoms with Crippen molar-refractivity contribution < 1.29 is 13.2 Å². The van der Waals surface area contributed by atoms with Crippen LogP contribution in [0.25, 0.3) is 0 Å². The fourth-order valence-corrected chi connectivity index (χ4v) is 5.20. The van der Waals surface area contributed by atoms with Crippen LogP contribution in [0.15, 0.2) is 41.3 Å². The number of hydrogen-bond acceptors (Lipinski definition) is 4. The van der Waals surface area contributed by atoms with E-state index in [0.717, 1.165) is 30.8 Å². The summed E-state index contributed by atoms with van der Waals surface area (Å²) in [6.45, 7) is 1.73. The van der Waals surface area contributed by atoms with Crippen molar-refractivity contribution >= 4 is 38.9 Å². The van der Waals surface area contributed by atoms with Crippen LogP contribution in [-0.4, -0.2) is 27.6 Å². The molecule has 0 radical (unpaired) electrons. The van der Waals surface area contributed by atoms with Crippen LogP contribution in [-0.2, 0) is 10.0 Å². The summed E-state index contributed by atoms with van der Waals surface area (Å²) >= 11 is 12.0. The van der Waals surface area contributed by atoms with Crippen molar-refractivity contribution in [3.8, 4) is 5.75 Å². The van der Waals surface area contributed by atoms with Crippen molar-refractivity contribution in [3.05, 3.63) is 52.0 Å². The normalized spacial score (nSPS) is 22.0. The summed E-state index contributed by atoms with van der Waals surface area (Å²) in [7, 11) is -3.83. The van der Waals surface area contributed by atoms with E-state index in [1.807, 2.05) is 12.1 Å². The molecule has 2 aromatic rings. The second-order valence-electron chi connectivity index (χ2n) is 6.17. The Balaban J connectivity index is 1.65. The Morgan fingerprint density at radius 3 is 2.88 bits per heavy atom. The molecule has 2 N–H and O–H groups in total. The van der Waals surface area contributed by atoms with Crippen molar-refractivity contribution in [3.63, 3.8) is 0 Å². The van der Waals surface area contributed by atoms with Crippen LogP contribution in [0.2, 0.25) is 10.0 Å². The van der Waals surface area contributed by atoms with Gasteiger partial charge in [-0.25, -0.2) is 8.42 Å². The molecule has 2 unspecified atom stereocenters. The van der Waals surface area contributed by atoms with Crippen LogP contribution in [0.1, 0.15) is 17.9 Å². The van der Waals surface area contributed by atoms with Crippen LogP contribution >= 0.6 is 23.2 Å². The molecule has 0 spiro atoms. The molecule has 2 atom stereocenters. The summed E-state index contributed by atoms with van der Waals surface area (Å²) in [5.74, 6) is 1.11. The zero-order valence-corrected chi connectivity index (χ0v) is 15.5. The third-order valence-electron chi connectivity index (χ3n) is 4.57. The highest BCUT2D eigenvalue weighted by molar-refractivity contribution is 7.92. The maximum Gasteiger partial charge on any atom is 0.263 e. The first-order valence-electron chi connectivity index (χ1n) is 7.94. The van der Waals surface area contributed by atoms with Crippen molar-refractivity contribution in [2.45, 2.75) is 23.3 Å². The molecule has 1 saturated heterocycles. The first kappa shape index (κ1) is 17.0. The Hall–Kier alpha value is -1.47. The van der Waals surface area contributed by atoms with Crippen molar-refractivity contribution in [1.82, 2.24) is 5.32 Å². The minimum atomic E-state index is -3.83. The first-order valence-corrected chi connectivity index (χ1v) is 10.2. The summed E-state index contributed by atoms with van der Waals surface area (Å²) in [5, 5.41) is 3.53. The van der Waals surface area contributed by atoms with Gasteiger partial charge in [0.05, 0.1) is 10.0 Å². The predicted molar refractivity (Wildman–Crippen MR) is 98.4 cm³/mol. The molecule has 132 valence electrons. The van der Waals surface area contributed by atoms with E-state index in [1.54, 1.807) is 18.2 Å². The second-order valence-corrected chi connectivity index (χ2v) is 8.60. The van der Waals surface area contributed by atoms with Crippen LogP contribution in [0.4, 0.5) is 5.69 Å². The van der Waals surface area contributed by atoms with E-state index >= 15 is 0 Å². The predicted octanol–water partition coefficient (Wildman–Crippen LogP) is 3.63. The quantitative estimate of drug-likeness (QED) is 0.827. The summed E-state index contributed by atoms with van der Waals surface area (Å²) in [5.41, 5.74) is 1.53. The number of rotatable bonds is 3. The third-order valence-corrected chi connectivity index (χ3v) is 6.93. The van der Waals surface area contributed by atoms with Crippen LogP contribution in [0.5, 0.6) is 5.75 Å². The maximum atomic E-state index is 12.7. The zero-order valence-electron chi connectivity index (χ0n) is 13.1. The lowest BCUT2D eigenvalue weighted by Crippen LogP contribution is -2.39. The zero-order chi connectivity index (χ0) is 17.6. The molecule has 4 rings (SSSR count). The lowest BCUT2D eigenvalue weighted by atomic mass is 9.89. The molecule has 5 nitrogen and oxygen atoms in total. The maximum absolute atomic E-state index is 12.7. The molecule has 0 aliphatic carbocycles. The minimum absolute atomic E-state index is 0.0135. The number of halogens is 2. The highest BCUT2D eigenvalue weighted by Crippen LogP contribution is 2.42. The van der Waals surface area contributed by atoms with Gasteiger partial charge in [0.1, 0.15) is 16.7 Å². The molecule has 0 saturated carbocycles. The molecule has 2 aromatic carbocycles. The summed E-state index contributed by atoms with van der Waals surface area (Å²) < 4.78 is 33.8. The number of nitrogens with one attached hydrogen (secondary N) is 2. The van der Waals surface area contributed by atoms with E-state index in [0.29, 0.717) is 5.69 Å². The van der Waals surface area contributed by atoms with E-state index in [1.165, 1.54) is 6.07 Å². The van der Waals surface area contributed by atoms with E-state index in [9.17, 15) is 8.42 Å². The molecule has 1 fully saturated rings. The number of sulfonamides is 1. The van der Waals surface area contributed by atoms with Gasteiger partial charge in [-0.05, 0) is 43.3 Å². The molecule has 0 aromatic heterocycles. The average Bonchev–Trinajstić information content (AvgIpc) is 2.95. The Bertz CT molecular complexity index is 933. The fraction of sp³-hybridized carbons (Fsp3) is 0.294. The van der Waals surface area contributed by atoms with Gasteiger partial charge in [0.15, 0.2) is 0 Å². The Morgan fingerprint density at radius 2 is 2.04 bits per heavy atom. The van der Waals surface area contributed by atoms with Gasteiger partial charge in [0.2, 0.25) is 0 Å². The van der Waals surface area contributed by atoms with Gasteiger partial charge < -0.3 is 10.1 Å². The Labute approximate surface area is 156 Å². The lowest BCUT2D eigenvalue weighted by molar-refractivity contribution is 0.177. The standard InChI is InChI=1S/C17H16Cl2N2O3S/c18-13-2-1-3-16(17(13)19)25(22,23)21-10-4-5-14-12(8-10)11-6-7-20-9-15(11)24-14/h1-5,8,11,15,20-21H,6-7,9H2. The highest BCUT2D eigenvalue weighted by atomic mass is 35.5. The Morgan fingerprint density at radius 1 is 1.20 bits per heavy atom. The van der Waals surface area contributed by atoms with Gasteiger partial charge in [-0.1, -0.05) is 29.3 Å². The monoisotopic (exact) mass is 398 g/mol. The third kappa shape index (κ3) is 3.08. The minimum Gasteiger partial charge on any atom is -0.488 e. The molecule has 8 heteroatoms. The van der Waals surface area contributed by atoms with Crippen molar-refractivity contribution in [2.24, 2.45) is 0 Å². The average molecular weight is 399 g/mol. The van der Waals surface area contributed by atoms with E-state index in [4.69, 9.17) is 27.9 Å². The van der Waals surface area contributed by atoms with Gasteiger partial charge in [-0.2, -0.15) is 0 Å². The van der Waals surface area contributed by atoms with Gasteiger partial charge in [0.25, 0.3) is 10.0 Å². The van der Waals surface area contributed by atoms with Gasteiger partial charge in [-0.15, -0.1) is 0 Å². The molecule has 2 aliphatic rings. The second kappa shape index (κ2) is 6.36. The van der Waals surface area contributed by atoms with Crippen molar-refractivity contribution in [2.75, 3.05) is 17.8 Å². The largest absolute Gasteiger partial charge is 0.488 e.